The number of ether oxygens (including phenoxy) is 3. The van der Waals surface area contributed by atoms with Crippen molar-refractivity contribution in [1.29, 1.82) is 0 Å². The third kappa shape index (κ3) is 5.31. The molecule has 0 spiro atoms. The number of aryl methyl sites for hydroxylation is 1. The molecular formula is C22H31N3O3. The summed E-state index contributed by atoms with van der Waals surface area (Å²) >= 11 is 0. The van der Waals surface area contributed by atoms with Crippen LogP contribution in [0.4, 0.5) is 0 Å². The predicted octanol–water partition coefficient (Wildman–Crippen LogP) is 3.49. The Morgan fingerprint density at radius 2 is 1.75 bits per heavy atom. The molecule has 0 aliphatic rings. The van der Waals surface area contributed by atoms with E-state index in [9.17, 15) is 0 Å². The summed E-state index contributed by atoms with van der Waals surface area (Å²) in [5.41, 5.74) is 3.53. The molecule has 0 fully saturated rings. The lowest BCUT2D eigenvalue weighted by atomic mass is 9.99. The number of methoxy groups -OCH3 is 3. The molecular weight excluding hydrogens is 354 g/mol. The minimum atomic E-state index is 0.370. The van der Waals surface area contributed by atoms with Crippen LogP contribution in [0.3, 0.4) is 0 Å². The molecule has 0 bridgehead atoms. The standard InChI is InChI=1S/C22H31N3O3/c1-15-8-7-9-17(12-15)16(2)13-24-22(23-3)25-14-18-10-11-19(26-4)21(28-6)20(18)27-5/h7-12,16H,13-14H2,1-6H3,(H2,23,24,25). The second-order valence-corrected chi connectivity index (χ2v) is 6.62. The largest absolute Gasteiger partial charge is 0.493 e. The molecule has 6 heteroatoms. The Labute approximate surface area is 167 Å². The van der Waals surface area contributed by atoms with Crippen molar-refractivity contribution in [2.75, 3.05) is 34.9 Å². The molecule has 0 radical (unpaired) electrons. The van der Waals surface area contributed by atoms with Gasteiger partial charge in [-0.1, -0.05) is 36.8 Å². The molecule has 2 aromatic carbocycles. The van der Waals surface area contributed by atoms with Gasteiger partial charge in [-0.05, 0) is 30.5 Å². The summed E-state index contributed by atoms with van der Waals surface area (Å²) in [6, 6.07) is 12.4. The maximum absolute atomic E-state index is 5.54. The van der Waals surface area contributed by atoms with Gasteiger partial charge in [-0.15, -0.1) is 0 Å². The summed E-state index contributed by atoms with van der Waals surface area (Å²) in [4.78, 5) is 4.32. The van der Waals surface area contributed by atoms with Gasteiger partial charge in [-0.2, -0.15) is 0 Å². The van der Waals surface area contributed by atoms with Crippen molar-refractivity contribution in [3.8, 4) is 17.2 Å². The molecule has 0 aliphatic carbocycles. The number of hydrogen-bond donors (Lipinski definition) is 2. The normalized spacial score (nSPS) is 12.3. The molecule has 28 heavy (non-hydrogen) atoms. The molecule has 6 nitrogen and oxygen atoms in total. The van der Waals surface area contributed by atoms with Crippen molar-refractivity contribution in [3.63, 3.8) is 0 Å². The average Bonchev–Trinajstić information content (AvgIpc) is 2.72. The van der Waals surface area contributed by atoms with Crippen LogP contribution in [-0.4, -0.2) is 40.9 Å². The van der Waals surface area contributed by atoms with Gasteiger partial charge in [0.05, 0.1) is 21.3 Å². The predicted molar refractivity (Wildman–Crippen MR) is 114 cm³/mol. The maximum Gasteiger partial charge on any atom is 0.203 e. The van der Waals surface area contributed by atoms with Crippen LogP contribution in [0.1, 0.15) is 29.5 Å². The third-order valence-corrected chi connectivity index (χ3v) is 4.64. The first kappa shape index (κ1) is 21.4. The first-order chi connectivity index (χ1) is 13.5. The molecule has 1 unspecified atom stereocenters. The van der Waals surface area contributed by atoms with E-state index < -0.39 is 0 Å². The SMILES string of the molecule is CN=C(NCc1ccc(OC)c(OC)c1OC)NCC(C)c1cccc(C)c1. The quantitative estimate of drug-likeness (QED) is 0.538. The summed E-state index contributed by atoms with van der Waals surface area (Å²) in [7, 11) is 6.59. The summed E-state index contributed by atoms with van der Waals surface area (Å²) in [6.45, 7) is 5.64. The van der Waals surface area contributed by atoms with Crippen molar-refractivity contribution < 1.29 is 14.2 Å². The Kier molecular flexibility index (Phi) is 7.99. The summed E-state index contributed by atoms with van der Waals surface area (Å²) in [5.74, 6) is 2.97. The van der Waals surface area contributed by atoms with E-state index in [1.165, 1.54) is 11.1 Å². The van der Waals surface area contributed by atoms with Crippen LogP contribution in [0, 0.1) is 6.92 Å². The lowest BCUT2D eigenvalue weighted by Gasteiger charge is -2.19. The van der Waals surface area contributed by atoms with Crippen LogP contribution >= 0.6 is 0 Å². The monoisotopic (exact) mass is 385 g/mol. The van der Waals surface area contributed by atoms with Crippen molar-refractivity contribution in [2.24, 2.45) is 4.99 Å². The highest BCUT2D eigenvalue weighted by molar-refractivity contribution is 5.79. The minimum absolute atomic E-state index is 0.370. The molecule has 0 aromatic heterocycles. The maximum atomic E-state index is 5.54. The van der Waals surface area contributed by atoms with Crippen LogP contribution < -0.4 is 24.8 Å². The number of aliphatic imine (C=N–C) groups is 1. The van der Waals surface area contributed by atoms with Crippen LogP contribution in [0.25, 0.3) is 0 Å². The van der Waals surface area contributed by atoms with Gasteiger partial charge in [-0.25, -0.2) is 0 Å². The Balaban J connectivity index is 2.00. The fourth-order valence-corrected chi connectivity index (χ4v) is 3.05. The number of hydrogen-bond acceptors (Lipinski definition) is 4. The zero-order valence-electron chi connectivity index (χ0n) is 17.6. The van der Waals surface area contributed by atoms with Crippen LogP contribution in [-0.2, 0) is 6.54 Å². The van der Waals surface area contributed by atoms with Crippen molar-refractivity contribution in [1.82, 2.24) is 10.6 Å². The van der Waals surface area contributed by atoms with Crippen LogP contribution in [0.5, 0.6) is 17.2 Å². The number of guanidine groups is 1. The summed E-state index contributed by atoms with van der Waals surface area (Å²) in [6.07, 6.45) is 0. The molecule has 0 aliphatic heterocycles. The van der Waals surface area contributed by atoms with Crippen molar-refractivity contribution in [3.05, 3.63) is 53.1 Å². The van der Waals surface area contributed by atoms with Gasteiger partial charge < -0.3 is 24.8 Å². The topological polar surface area (TPSA) is 64.1 Å². The van der Waals surface area contributed by atoms with Crippen LogP contribution in [0.15, 0.2) is 41.4 Å². The number of benzene rings is 2. The Bertz CT molecular complexity index is 806. The zero-order chi connectivity index (χ0) is 20.5. The lowest BCUT2D eigenvalue weighted by Crippen LogP contribution is -2.38. The summed E-state index contributed by atoms with van der Waals surface area (Å²) in [5, 5.41) is 6.72. The molecule has 2 rings (SSSR count). The third-order valence-electron chi connectivity index (χ3n) is 4.64. The van der Waals surface area contributed by atoms with Gasteiger partial charge >= 0.3 is 0 Å². The van der Waals surface area contributed by atoms with E-state index in [0.717, 1.165) is 18.1 Å². The lowest BCUT2D eigenvalue weighted by molar-refractivity contribution is 0.322. The number of nitrogens with one attached hydrogen (secondary N) is 2. The molecule has 152 valence electrons. The first-order valence-electron chi connectivity index (χ1n) is 9.32. The highest BCUT2D eigenvalue weighted by Crippen LogP contribution is 2.39. The van der Waals surface area contributed by atoms with E-state index in [1.54, 1.807) is 28.4 Å². The average molecular weight is 386 g/mol. The van der Waals surface area contributed by atoms with Gasteiger partial charge in [0.2, 0.25) is 5.75 Å². The molecule has 2 aromatic rings. The van der Waals surface area contributed by atoms with Gasteiger partial charge in [0.15, 0.2) is 17.5 Å². The van der Waals surface area contributed by atoms with E-state index >= 15 is 0 Å². The fourth-order valence-electron chi connectivity index (χ4n) is 3.05. The highest BCUT2D eigenvalue weighted by Gasteiger charge is 2.16. The molecule has 2 N–H and O–H groups in total. The van der Waals surface area contributed by atoms with E-state index in [1.807, 2.05) is 12.1 Å². The van der Waals surface area contributed by atoms with Crippen molar-refractivity contribution >= 4 is 5.96 Å². The summed E-state index contributed by atoms with van der Waals surface area (Å²) < 4.78 is 16.3. The first-order valence-corrected chi connectivity index (χ1v) is 9.32. The molecule has 0 amide bonds. The van der Waals surface area contributed by atoms with Gasteiger partial charge in [0.1, 0.15) is 0 Å². The van der Waals surface area contributed by atoms with E-state index in [4.69, 9.17) is 14.2 Å². The van der Waals surface area contributed by atoms with E-state index in [0.29, 0.717) is 29.7 Å². The Hall–Kier alpha value is -2.89. The van der Waals surface area contributed by atoms with Crippen LogP contribution in [0.2, 0.25) is 0 Å². The zero-order valence-corrected chi connectivity index (χ0v) is 17.6. The van der Waals surface area contributed by atoms with Gasteiger partial charge in [-0.3, -0.25) is 4.99 Å². The molecule has 0 saturated carbocycles. The smallest absolute Gasteiger partial charge is 0.203 e. The second kappa shape index (κ2) is 10.4. The Morgan fingerprint density at radius 1 is 1.00 bits per heavy atom. The number of nitrogens with zero attached hydrogens (tertiary/aromatic N) is 1. The van der Waals surface area contributed by atoms with E-state index in [-0.39, 0.29) is 0 Å². The van der Waals surface area contributed by atoms with Gasteiger partial charge in [0.25, 0.3) is 0 Å². The Morgan fingerprint density at radius 3 is 2.36 bits per heavy atom. The highest BCUT2D eigenvalue weighted by atomic mass is 16.5. The van der Waals surface area contributed by atoms with Crippen molar-refractivity contribution in [2.45, 2.75) is 26.3 Å². The number of rotatable bonds is 8. The van der Waals surface area contributed by atoms with E-state index in [2.05, 4.69) is 53.7 Å². The van der Waals surface area contributed by atoms with Gasteiger partial charge in [0, 0.05) is 25.7 Å². The second-order valence-electron chi connectivity index (χ2n) is 6.62. The molecule has 0 heterocycles. The minimum Gasteiger partial charge on any atom is -0.493 e. The molecule has 0 saturated heterocycles. The molecule has 1 atom stereocenters. The fraction of sp³-hybridized carbons (Fsp3) is 0.409.